The van der Waals surface area contributed by atoms with Crippen LogP contribution in [-0.2, 0) is 0 Å². The number of halogens is 1. The molecule has 2 N–H and O–H groups in total. The van der Waals surface area contributed by atoms with Gasteiger partial charge in [-0.3, -0.25) is 9.36 Å². The maximum atomic E-state index is 13.2. The van der Waals surface area contributed by atoms with E-state index in [1.54, 1.807) is 11.1 Å². The molecule has 202 valence electrons. The summed E-state index contributed by atoms with van der Waals surface area (Å²) in [6.07, 6.45) is 8.50. The highest BCUT2D eigenvalue weighted by Gasteiger charge is 2.39. The molecule has 1 amide bonds. The molecule has 2 aliphatic rings. The zero-order valence-electron chi connectivity index (χ0n) is 22.4. The zero-order valence-corrected chi connectivity index (χ0v) is 24.0. The van der Waals surface area contributed by atoms with E-state index in [0.717, 1.165) is 55.0 Å². The number of likely N-dealkylation sites (tertiary alicyclic amines) is 1. The topological polar surface area (TPSA) is 113 Å². The second-order valence-corrected chi connectivity index (χ2v) is 12.5. The molecule has 10 heteroatoms. The van der Waals surface area contributed by atoms with Crippen molar-refractivity contribution in [2.45, 2.75) is 84.2 Å². The van der Waals surface area contributed by atoms with E-state index >= 15 is 0 Å². The Balaban J connectivity index is 1.39. The number of nitrogens with zero attached hydrogens (tertiary/aromatic N) is 5. The summed E-state index contributed by atoms with van der Waals surface area (Å²) >= 11 is 3.49. The summed E-state index contributed by atoms with van der Waals surface area (Å²) in [5, 5.41) is 13.7. The Hall–Kier alpha value is -3.01. The van der Waals surface area contributed by atoms with Crippen molar-refractivity contribution >= 4 is 44.8 Å². The molecule has 1 aliphatic heterocycles. The van der Waals surface area contributed by atoms with E-state index in [1.165, 1.54) is 0 Å². The van der Waals surface area contributed by atoms with Crippen LogP contribution in [0.1, 0.15) is 82.4 Å². The fraction of sp³-hybridized carbons (Fsp3) is 0.536. The summed E-state index contributed by atoms with van der Waals surface area (Å²) in [6, 6.07) is 4.05. The van der Waals surface area contributed by atoms with E-state index in [0.29, 0.717) is 28.4 Å². The van der Waals surface area contributed by atoms with Gasteiger partial charge in [-0.15, -0.1) is 0 Å². The van der Waals surface area contributed by atoms with Gasteiger partial charge in [0, 0.05) is 36.4 Å². The molecule has 0 aromatic carbocycles. The molecule has 1 saturated heterocycles. The van der Waals surface area contributed by atoms with E-state index in [4.69, 9.17) is 4.98 Å². The van der Waals surface area contributed by atoms with Crippen molar-refractivity contribution in [2.75, 3.05) is 11.9 Å². The van der Waals surface area contributed by atoms with E-state index in [9.17, 15) is 14.7 Å². The van der Waals surface area contributed by atoms with Gasteiger partial charge < -0.3 is 15.3 Å². The molecule has 38 heavy (non-hydrogen) atoms. The van der Waals surface area contributed by atoms with Crippen molar-refractivity contribution in [3.63, 3.8) is 0 Å². The van der Waals surface area contributed by atoms with E-state index in [2.05, 4.69) is 52.0 Å². The van der Waals surface area contributed by atoms with Crippen molar-refractivity contribution < 1.29 is 9.90 Å². The summed E-state index contributed by atoms with van der Waals surface area (Å²) in [4.78, 5) is 40.4. The molecule has 0 spiro atoms. The van der Waals surface area contributed by atoms with Gasteiger partial charge in [0.05, 0.1) is 4.47 Å². The lowest BCUT2D eigenvalue weighted by Crippen LogP contribution is -2.51. The molecule has 4 heterocycles. The number of amides is 1. The number of piperidine rings is 1. The maximum Gasteiger partial charge on any atom is 0.407 e. The van der Waals surface area contributed by atoms with Crippen LogP contribution < -0.4 is 10.9 Å². The summed E-state index contributed by atoms with van der Waals surface area (Å²) in [6.45, 7) is 8.71. The number of hydrogen-bond acceptors (Lipinski definition) is 6. The molecule has 0 radical (unpaired) electrons. The zero-order chi connectivity index (χ0) is 27.2. The number of fused-ring (bicyclic) bond motifs is 1. The van der Waals surface area contributed by atoms with Gasteiger partial charge in [-0.1, -0.05) is 39.7 Å². The summed E-state index contributed by atoms with van der Waals surface area (Å²) < 4.78 is 2.40. The first kappa shape index (κ1) is 26.6. The number of carbonyl (C=O) groups is 1. The van der Waals surface area contributed by atoms with E-state index in [1.807, 2.05) is 29.8 Å². The summed E-state index contributed by atoms with van der Waals surface area (Å²) in [5.41, 5.74) is 2.40. The quantitative estimate of drug-likeness (QED) is 0.366. The van der Waals surface area contributed by atoms with Crippen molar-refractivity contribution in [1.29, 1.82) is 0 Å². The molecule has 5 rings (SSSR count). The van der Waals surface area contributed by atoms with Crippen molar-refractivity contribution in [2.24, 2.45) is 5.41 Å². The van der Waals surface area contributed by atoms with Crippen LogP contribution in [0.15, 0.2) is 33.8 Å². The lowest BCUT2D eigenvalue weighted by atomic mass is 9.75. The van der Waals surface area contributed by atoms with Gasteiger partial charge in [-0.05, 0) is 77.1 Å². The second kappa shape index (κ2) is 10.3. The minimum atomic E-state index is -0.850. The molecule has 9 nitrogen and oxygen atoms in total. The standard InChI is InChI=1S/C28H35BrN6O3/c1-16-20-15-31-26(33-24(20)35(25(36)23(16)29)19-7-5-6-8-19)32-22-10-9-18(14-30-22)17-11-12-34(27(37)38)21(13-17)28(2,3)4/h9-10,14-15,17,19,21H,5-8,11-13H2,1-4H3,(H,37,38)(H,30,31,32,33). The third-order valence-electron chi connectivity index (χ3n) is 8.17. The lowest BCUT2D eigenvalue weighted by Gasteiger charge is -2.44. The van der Waals surface area contributed by atoms with Crippen LogP contribution in [0.2, 0.25) is 0 Å². The van der Waals surface area contributed by atoms with Crippen LogP contribution in [0.5, 0.6) is 0 Å². The largest absolute Gasteiger partial charge is 0.465 e. The molecule has 1 saturated carbocycles. The van der Waals surface area contributed by atoms with Gasteiger partial charge >= 0.3 is 6.09 Å². The van der Waals surface area contributed by atoms with Gasteiger partial charge in [0.15, 0.2) is 0 Å². The Bertz CT molecular complexity index is 1410. The lowest BCUT2D eigenvalue weighted by molar-refractivity contribution is 0.0525. The Labute approximate surface area is 230 Å². The predicted molar refractivity (Wildman–Crippen MR) is 151 cm³/mol. The Morgan fingerprint density at radius 2 is 1.87 bits per heavy atom. The molecule has 2 fully saturated rings. The minimum Gasteiger partial charge on any atom is -0.465 e. The highest BCUT2D eigenvalue weighted by molar-refractivity contribution is 9.10. The van der Waals surface area contributed by atoms with Crippen LogP contribution in [-0.4, -0.2) is 48.2 Å². The number of aryl methyl sites for hydroxylation is 1. The first-order chi connectivity index (χ1) is 18.0. The third-order valence-corrected chi connectivity index (χ3v) is 9.11. The monoisotopic (exact) mass is 582 g/mol. The Kier molecular flexibility index (Phi) is 7.19. The maximum absolute atomic E-state index is 13.2. The van der Waals surface area contributed by atoms with Gasteiger partial charge in [0.1, 0.15) is 11.5 Å². The summed E-state index contributed by atoms with van der Waals surface area (Å²) in [5.74, 6) is 1.26. The fourth-order valence-corrected chi connectivity index (χ4v) is 6.42. The Morgan fingerprint density at radius 1 is 1.13 bits per heavy atom. The SMILES string of the molecule is Cc1c(Br)c(=O)n(C2CCCC2)c2nc(Nc3ccc(C4CCN(C(=O)O)C(C(C)(C)C)C4)cn3)ncc12. The van der Waals surface area contributed by atoms with Crippen molar-refractivity contribution in [3.05, 3.63) is 50.5 Å². The molecule has 3 aromatic rings. The van der Waals surface area contributed by atoms with Crippen LogP contribution in [0, 0.1) is 12.3 Å². The first-order valence-electron chi connectivity index (χ1n) is 13.3. The average molecular weight is 584 g/mol. The number of rotatable bonds is 4. The van der Waals surface area contributed by atoms with Crippen LogP contribution in [0.4, 0.5) is 16.6 Å². The van der Waals surface area contributed by atoms with Gasteiger partial charge in [-0.25, -0.2) is 14.8 Å². The number of anilines is 2. The molecular formula is C28H35BrN6O3. The second-order valence-electron chi connectivity index (χ2n) is 11.7. The predicted octanol–water partition coefficient (Wildman–Crippen LogP) is 6.39. The molecule has 2 atom stereocenters. The number of hydrogen-bond donors (Lipinski definition) is 2. The molecular weight excluding hydrogens is 548 g/mol. The van der Waals surface area contributed by atoms with Crippen molar-refractivity contribution in [1.82, 2.24) is 24.4 Å². The highest BCUT2D eigenvalue weighted by atomic mass is 79.9. The van der Waals surface area contributed by atoms with Gasteiger partial charge in [0.25, 0.3) is 5.56 Å². The molecule has 2 unspecified atom stereocenters. The number of pyridine rings is 2. The average Bonchev–Trinajstić information content (AvgIpc) is 3.41. The van der Waals surface area contributed by atoms with Crippen molar-refractivity contribution in [3.8, 4) is 0 Å². The number of carboxylic acid groups (broad SMARTS) is 1. The van der Waals surface area contributed by atoms with Gasteiger partial charge in [-0.2, -0.15) is 4.98 Å². The Morgan fingerprint density at radius 3 is 2.50 bits per heavy atom. The number of aromatic nitrogens is 4. The highest BCUT2D eigenvalue weighted by Crippen LogP contribution is 2.39. The van der Waals surface area contributed by atoms with E-state index < -0.39 is 6.09 Å². The molecule has 0 bridgehead atoms. The normalized spacial score (nSPS) is 20.7. The van der Waals surface area contributed by atoms with Crippen LogP contribution in [0.3, 0.4) is 0 Å². The first-order valence-corrected chi connectivity index (χ1v) is 14.1. The van der Waals surface area contributed by atoms with Crippen LogP contribution >= 0.6 is 15.9 Å². The smallest absolute Gasteiger partial charge is 0.407 e. The number of nitrogens with one attached hydrogen (secondary N) is 1. The molecule has 1 aliphatic carbocycles. The minimum absolute atomic E-state index is 0.0449. The summed E-state index contributed by atoms with van der Waals surface area (Å²) in [7, 11) is 0. The van der Waals surface area contributed by atoms with Crippen LogP contribution in [0.25, 0.3) is 11.0 Å². The third kappa shape index (κ3) is 5.02. The van der Waals surface area contributed by atoms with Gasteiger partial charge in [0.2, 0.25) is 5.95 Å². The fourth-order valence-electron chi connectivity index (χ4n) is 6.02. The molecule has 3 aromatic heterocycles. The van der Waals surface area contributed by atoms with E-state index in [-0.39, 0.29) is 29.0 Å².